The molecule has 0 aromatic rings. The molecule has 2 unspecified atom stereocenters. The maximum atomic E-state index is 11.2. The molecule has 0 radical (unpaired) electrons. The lowest BCUT2D eigenvalue weighted by molar-refractivity contribution is -0.144. The topological polar surface area (TPSA) is 52.6 Å². The van der Waals surface area contributed by atoms with E-state index in [-0.39, 0.29) is 12.7 Å². The number of hydrogen-bond acceptors (Lipinski definition) is 4. The second kappa shape index (κ2) is 2.97. The van der Waals surface area contributed by atoms with Crippen LogP contribution in [0.4, 0.5) is 0 Å². The van der Waals surface area contributed by atoms with Crippen LogP contribution in [0.3, 0.4) is 0 Å². The molecule has 0 N–H and O–H groups in total. The van der Waals surface area contributed by atoms with Crippen molar-refractivity contribution in [1.82, 2.24) is 0 Å². The van der Waals surface area contributed by atoms with E-state index in [1.54, 1.807) is 6.92 Å². The van der Waals surface area contributed by atoms with E-state index in [1.807, 2.05) is 0 Å². The van der Waals surface area contributed by atoms with Gasteiger partial charge in [0, 0.05) is 6.26 Å². The maximum Gasteiger partial charge on any atom is 0.189 e. The highest BCUT2D eigenvalue weighted by Crippen LogP contribution is 2.24. The Morgan fingerprint density at radius 2 is 2.08 bits per heavy atom. The summed E-state index contributed by atoms with van der Waals surface area (Å²) in [7, 11) is -3.21. The Morgan fingerprint density at radius 1 is 1.50 bits per heavy atom. The predicted molar refractivity (Wildman–Crippen MR) is 44.6 cm³/mol. The Hall–Kier alpha value is -0.130. The molecule has 0 aliphatic carbocycles. The first-order valence-electron chi connectivity index (χ1n) is 3.80. The second-order valence-electron chi connectivity index (χ2n) is 3.35. The third-order valence-electron chi connectivity index (χ3n) is 1.95. The second-order valence-corrected chi connectivity index (χ2v) is 5.76. The van der Waals surface area contributed by atoms with Crippen LogP contribution in [-0.4, -0.2) is 38.9 Å². The predicted octanol–water partition coefficient (Wildman–Crippen LogP) is 0.183. The molecule has 0 amide bonds. The molecule has 0 saturated carbocycles. The van der Waals surface area contributed by atoms with E-state index in [9.17, 15) is 8.42 Å². The van der Waals surface area contributed by atoms with Crippen LogP contribution >= 0.6 is 0 Å². The summed E-state index contributed by atoms with van der Waals surface area (Å²) in [6.45, 7) is 3.92. The summed E-state index contributed by atoms with van der Waals surface area (Å²) >= 11 is 0. The lowest BCUT2D eigenvalue weighted by atomic mass is 10.3. The number of ether oxygens (including phenoxy) is 2. The van der Waals surface area contributed by atoms with E-state index in [0.29, 0.717) is 6.61 Å². The van der Waals surface area contributed by atoms with E-state index < -0.39 is 14.8 Å². The van der Waals surface area contributed by atoms with Gasteiger partial charge >= 0.3 is 0 Å². The smallest absolute Gasteiger partial charge is 0.189 e. The van der Waals surface area contributed by atoms with Crippen molar-refractivity contribution in [2.75, 3.05) is 19.5 Å². The van der Waals surface area contributed by atoms with Crippen molar-refractivity contribution in [3.8, 4) is 0 Å². The van der Waals surface area contributed by atoms with Gasteiger partial charge in [-0.05, 0) is 13.8 Å². The molecule has 1 fully saturated rings. The lowest BCUT2D eigenvalue weighted by Gasteiger charge is -2.35. The van der Waals surface area contributed by atoms with Crippen molar-refractivity contribution < 1.29 is 17.9 Å². The van der Waals surface area contributed by atoms with Gasteiger partial charge in [-0.25, -0.2) is 8.42 Å². The fourth-order valence-corrected chi connectivity index (χ4v) is 1.73. The van der Waals surface area contributed by atoms with Crippen LogP contribution in [0.15, 0.2) is 0 Å². The van der Waals surface area contributed by atoms with Crippen molar-refractivity contribution >= 4 is 9.84 Å². The molecule has 1 aliphatic rings. The van der Waals surface area contributed by atoms with Gasteiger partial charge in [-0.2, -0.15) is 0 Å². The van der Waals surface area contributed by atoms with E-state index in [1.165, 1.54) is 6.92 Å². The fraction of sp³-hybridized carbons (Fsp3) is 1.00. The molecule has 5 heteroatoms. The normalized spacial score (nSPS) is 38.1. The molecular formula is C7H14O4S. The molecule has 1 rings (SSSR count). The molecule has 4 nitrogen and oxygen atoms in total. The summed E-state index contributed by atoms with van der Waals surface area (Å²) in [6, 6.07) is 0. The van der Waals surface area contributed by atoms with Gasteiger partial charge in [0.05, 0.1) is 19.3 Å². The SMILES string of the molecule is CC1COCC(C)(S(C)(=O)=O)O1. The molecule has 0 spiro atoms. The first kappa shape index (κ1) is 9.95. The largest absolute Gasteiger partial charge is 0.375 e. The van der Waals surface area contributed by atoms with Crippen LogP contribution in [0.1, 0.15) is 13.8 Å². The Bertz CT molecular complexity index is 259. The molecule has 0 aromatic carbocycles. The number of sulfone groups is 1. The molecule has 2 atom stereocenters. The standard InChI is InChI=1S/C7H14O4S/c1-6-4-10-5-7(2,11-6)12(3,8)9/h6H,4-5H2,1-3H3. The summed E-state index contributed by atoms with van der Waals surface area (Å²) in [5.74, 6) is 0. The first-order chi connectivity index (χ1) is 5.35. The van der Waals surface area contributed by atoms with Crippen molar-refractivity contribution in [1.29, 1.82) is 0 Å². The van der Waals surface area contributed by atoms with Gasteiger partial charge in [0.15, 0.2) is 14.8 Å². The highest BCUT2D eigenvalue weighted by molar-refractivity contribution is 7.91. The average molecular weight is 194 g/mol. The van der Waals surface area contributed by atoms with Gasteiger partial charge in [-0.3, -0.25) is 0 Å². The van der Waals surface area contributed by atoms with Crippen LogP contribution in [0, 0.1) is 0 Å². The van der Waals surface area contributed by atoms with Crippen LogP contribution < -0.4 is 0 Å². The Balaban J connectivity index is 2.84. The molecule has 1 heterocycles. The van der Waals surface area contributed by atoms with E-state index in [0.717, 1.165) is 6.26 Å². The van der Waals surface area contributed by atoms with Gasteiger partial charge in [0.2, 0.25) is 0 Å². The summed E-state index contributed by atoms with van der Waals surface area (Å²) in [4.78, 5) is -1.16. The minimum absolute atomic E-state index is 0.121. The van der Waals surface area contributed by atoms with Crippen molar-refractivity contribution in [3.63, 3.8) is 0 Å². The van der Waals surface area contributed by atoms with E-state index in [4.69, 9.17) is 9.47 Å². The van der Waals surface area contributed by atoms with Gasteiger partial charge in [0.25, 0.3) is 0 Å². The van der Waals surface area contributed by atoms with E-state index >= 15 is 0 Å². The Morgan fingerprint density at radius 3 is 2.42 bits per heavy atom. The quantitative estimate of drug-likeness (QED) is 0.597. The number of rotatable bonds is 1. The minimum Gasteiger partial charge on any atom is -0.375 e. The molecule has 1 aliphatic heterocycles. The first-order valence-corrected chi connectivity index (χ1v) is 5.69. The zero-order valence-corrected chi connectivity index (χ0v) is 8.35. The van der Waals surface area contributed by atoms with Crippen molar-refractivity contribution in [3.05, 3.63) is 0 Å². The zero-order chi connectivity index (χ0) is 9.41. The van der Waals surface area contributed by atoms with Gasteiger partial charge in [-0.1, -0.05) is 0 Å². The maximum absolute atomic E-state index is 11.2. The number of hydrogen-bond donors (Lipinski definition) is 0. The summed E-state index contributed by atoms with van der Waals surface area (Å²) in [5, 5.41) is 0. The fourth-order valence-electron chi connectivity index (χ4n) is 1.10. The van der Waals surface area contributed by atoms with Gasteiger partial charge < -0.3 is 9.47 Å². The molecular weight excluding hydrogens is 180 g/mol. The van der Waals surface area contributed by atoms with Gasteiger partial charge in [-0.15, -0.1) is 0 Å². The summed E-state index contributed by atoms with van der Waals surface area (Å²) < 4.78 is 32.9. The highest BCUT2D eigenvalue weighted by atomic mass is 32.2. The Kier molecular flexibility index (Phi) is 2.47. The van der Waals surface area contributed by atoms with Crippen LogP contribution in [-0.2, 0) is 19.3 Å². The van der Waals surface area contributed by atoms with E-state index in [2.05, 4.69) is 0 Å². The minimum atomic E-state index is -3.21. The van der Waals surface area contributed by atoms with Crippen LogP contribution in [0.2, 0.25) is 0 Å². The molecule has 0 aromatic heterocycles. The molecule has 72 valence electrons. The lowest BCUT2D eigenvalue weighted by Crippen LogP contribution is -2.49. The monoisotopic (exact) mass is 194 g/mol. The van der Waals surface area contributed by atoms with Crippen LogP contribution in [0.5, 0.6) is 0 Å². The third-order valence-corrected chi connectivity index (χ3v) is 3.73. The molecule has 12 heavy (non-hydrogen) atoms. The average Bonchev–Trinajstić information content (AvgIpc) is 1.83. The van der Waals surface area contributed by atoms with Gasteiger partial charge in [0.1, 0.15) is 0 Å². The van der Waals surface area contributed by atoms with Crippen molar-refractivity contribution in [2.24, 2.45) is 0 Å². The molecule has 1 saturated heterocycles. The summed E-state index contributed by atoms with van der Waals surface area (Å²) in [5.41, 5.74) is 0. The third kappa shape index (κ3) is 1.78. The van der Waals surface area contributed by atoms with Crippen molar-refractivity contribution in [2.45, 2.75) is 24.9 Å². The van der Waals surface area contributed by atoms with Crippen LogP contribution in [0.25, 0.3) is 0 Å². The molecule has 0 bridgehead atoms. The Labute approximate surface area is 72.8 Å². The summed E-state index contributed by atoms with van der Waals surface area (Å²) in [6.07, 6.45) is 1.01. The highest BCUT2D eigenvalue weighted by Gasteiger charge is 2.41. The zero-order valence-electron chi connectivity index (χ0n) is 7.53.